The Labute approximate surface area is 186 Å². The highest BCUT2D eigenvalue weighted by molar-refractivity contribution is 6.17. The maximum atomic E-state index is 12.2. The standard InChI is InChI=1S/C25H25N5O2/c1-15-4-3-10-30-23(12-15)26-27-24(30)17-6-7-19-18(9-11-32-22(19)14-17)16-5-8-20-21(13-16)28-29(2)25(20)31/h5-9,13-15,20H,3-4,10-12H2,1-2H3. The van der Waals surface area contributed by atoms with Crippen molar-refractivity contribution in [3.05, 3.63) is 59.5 Å². The molecule has 0 saturated carbocycles. The molecule has 0 spiro atoms. The quantitative estimate of drug-likeness (QED) is 0.734. The fourth-order valence-electron chi connectivity index (χ4n) is 5.03. The van der Waals surface area contributed by atoms with Crippen LogP contribution in [0.5, 0.6) is 5.75 Å². The number of hydrogen-bond acceptors (Lipinski definition) is 5. The van der Waals surface area contributed by atoms with E-state index in [1.54, 1.807) is 7.05 Å². The van der Waals surface area contributed by atoms with Gasteiger partial charge in [-0.2, -0.15) is 5.10 Å². The average Bonchev–Trinajstić information content (AvgIpc) is 3.25. The van der Waals surface area contributed by atoms with E-state index in [1.807, 2.05) is 18.2 Å². The number of amides is 1. The van der Waals surface area contributed by atoms with Crippen LogP contribution in [0.1, 0.15) is 31.2 Å². The lowest BCUT2D eigenvalue weighted by Gasteiger charge is -2.22. The summed E-state index contributed by atoms with van der Waals surface area (Å²) < 4.78 is 8.28. The number of benzene rings is 1. The Morgan fingerprint density at radius 1 is 1.22 bits per heavy atom. The molecule has 7 heteroatoms. The van der Waals surface area contributed by atoms with Gasteiger partial charge in [-0.05, 0) is 54.2 Å². The lowest BCUT2D eigenvalue weighted by Crippen LogP contribution is -2.24. The number of hydrogen-bond donors (Lipinski definition) is 0. The van der Waals surface area contributed by atoms with Gasteiger partial charge in [0.1, 0.15) is 24.1 Å². The van der Waals surface area contributed by atoms with Gasteiger partial charge in [0.25, 0.3) is 5.91 Å². The van der Waals surface area contributed by atoms with Crippen LogP contribution in [0.15, 0.2) is 53.2 Å². The minimum atomic E-state index is -0.267. The van der Waals surface area contributed by atoms with E-state index in [0.29, 0.717) is 12.5 Å². The third kappa shape index (κ3) is 3.03. The summed E-state index contributed by atoms with van der Waals surface area (Å²) in [6.45, 7) is 3.74. The molecule has 0 saturated heterocycles. The van der Waals surface area contributed by atoms with Crippen LogP contribution < -0.4 is 4.74 Å². The Balaban J connectivity index is 1.34. The smallest absolute Gasteiger partial charge is 0.255 e. The highest BCUT2D eigenvalue weighted by atomic mass is 16.5. The van der Waals surface area contributed by atoms with Gasteiger partial charge >= 0.3 is 0 Å². The van der Waals surface area contributed by atoms with Crippen LogP contribution in [0.3, 0.4) is 0 Å². The van der Waals surface area contributed by atoms with Gasteiger partial charge in [-0.3, -0.25) is 4.79 Å². The summed E-state index contributed by atoms with van der Waals surface area (Å²) >= 11 is 0. The molecule has 1 amide bonds. The molecule has 0 bridgehead atoms. The van der Waals surface area contributed by atoms with E-state index in [9.17, 15) is 4.79 Å². The summed E-state index contributed by atoms with van der Waals surface area (Å²) in [6, 6.07) is 6.28. The summed E-state index contributed by atoms with van der Waals surface area (Å²) in [6.07, 6.45) is 11.4. The van der Waals surface area contributed by atoms with Gasteiger partial charge in [0, 0.05) is 31.1 Å². The first kappa shape index (κ1) is 19.2. The monoisotopic (exact) mass is 427 g/mol. The van der Waals surface area contributed by atoms with E-state index in [-0.39, 0.29) is 11.8 Å². The predicted molar refractivity (Wildman–Crippen MR) is 122 cm³/mol. The van der Waals surface area contributed by atoms with Gasteiger partial charge in [0.2, 0.25) is 0 Å². The number of hydrazone groups is 1. The first-order valence-electron chi connectivity index (χ1n) is 11.2. The largest absolute Gasteiger partial charge is 0.489 e. The van der Waals surface area contributed by atoms with Gasteiger partial charge in [-0.1, -0.05) is 25.1 Å². The molecular formula is C25H25N5O2. The molecule has 162 valence electrons. The first-order chi connectivity index (χ1) is 15.6. The van der Waals surface area contributed by atoms with E-state index < -0.39 is 0 Å². The van der Waals surface area contributed by atoms with Gasteiger partial charge < -0.3 is 9.30 Å². The first-order valence-corrected chi connectivity index (χ1v) is 11.2. The second-order valence-corrected chi connectivity index (χ2v) is 9.01. The van der Waals surface area contributed by atoms with Crippen molar-refractivity contribution in [1.29, 1.82) is 0 Å². The Morgan fingerprint density at radius 3 is 3.03 bits per heavy atom. The summed E-state index contributed by atoms with van der Waals surface area (Å²) in [5, 5.41) is 14.8. The number of nitrogens with zero attached hydrogens (tertiary/aromatic N) is 5. The zero-order chi connectivity index (χ0) is 21.8. The predicted octanol–water partition coefficient (Wildman–Crippen LogP) is 3.63. The molecule has 3 aliphatic heterocycles. The molecule has 1 aromatic carbocycles. The van der Waals surface area contributed by atoms with Gasteiger partial charge in [-0.15, -0.1) is 10.2 Å². The zero-order valence-electron chi connectivity index (χ0n) is 18.3. The van der Waals surface area contributed by atoms with E-state index in [2.05, 4.69) is 51.1 Å². The Hall–Kier alpha value is -3.48. The Kier molecular flexibility index (Phi) is 4.38. The van der Waals surface area contributed by atoms with Crippen molar-refractivity contribution in [3.63, 3.8) is 0 Å². The highest BCUT2D eigenvalue weighted by Gasteiger charge is 2.33. The molecule has 2 atom stereocenters. The second kappa shape index (κ2) is 7.29. The van der Waals surface area contributed by atoms with E-state index >= 15 is 0 Å². The lowest BCUT2D eigenvalue weighted by molar-refractivity contribution is -0.129. The summed E-state index contributed by atoms with van der Waals surface area (Å²) in [4.78, 5) is 12.2. The molecule has 4 aliphatic rings. The Bertz CT molecular complexity index is 1250. The summed E-state index contributed by atoms with van der Waals surface area (Å²) in [5.41, 5.74) is 5.01. The number of rotatable bonds is 2. The van der Waals surface area contributed by atoms with Gasteiger partial charge in [-0.25, -0.2) is 5.01 Å². The van der Waals surface area contributed by atoms with Crippen LogP contribution in [0.25, 0.3) is 17.0 Å². The Morgan fingerprint density at radius 2 is 2.12 bits per heavy atom. The van der Waals surface area contributed by atoms with Crippen LogP contribution in [0.2, 0.25) is 0 Å². The van der Waals surface area contributed by atoms with Crippen molar-refractivity contribution >= 4 is 17.2 Å². The number of fused-ring (bicyclic) bond motifs is 3. The number of allylic oxidation sites excluding steroid dienone is 4. The molecular weight excluding hydrogens is 402 g/mol. The van der Waals surface area contributed by atoms with Gasteiger partial charge in [0.15, 0.2) is 5.82 Å². The number of carbonyl (C=O) groups is 1. The lowest BCUT2D eigenvalue weighted by atomic mass is 9.87. The van der Waals surface area contributed by atoms with Crippen LogP contribution in [-0.2, 0) is 17.8 Å². The number of aromatic nitrogens is 3. The van der Waals surface area contributed by atoms with Crippen molar-refractivity contribution in [1.82, 2.24) is 19.8 Å². The highest BCUT2D eigenvalue weighted by Crippen LogP contribution is 2.39. The number of carbonyl (C=O) groups excluding carboxylic acids is 1. The molecule has 6 rings (SSSR count). The average molecular weight is 428 g/mol. The maximum Gasteiger partial charge on any atom is 0.255 e. The third-order valence-corrected chi connectivity index (χ3v) is 6.75. The molecule has 32 heavy (non-hydrogen) atoms. The van der Waals surface area contributed by atoms with Crippen LogP contribution in [-0.4, -0.2) is 45.0 Å². The molecule has 0 fully saturated rings. The topological polar surface area (TPSA) is 72.6 Å². The van der Waals surface area contributed by atoms with Crippen LogP contribution >= 0.6 is 0 Å². The molecule has 7 nitrogen and oxygen atoms in total. The molecule has 2 unspecified atom stereocenters. The van der Waals surface area contributed by atoms with Crippen molar-refractivity contribution in [2.45, 2.75) is 32.7 Å². The van der Waals surface area contributed by atoms with E-state index in [4.69, 9.17) is 4.74 Å². The van der Waals surface area contributed by atoms with Crippen LogP contribution in [0.4, 0.5) is 0 Å². The zero-order valence-corrected chi connectivity index (χ0v) is 18.3. The molecule has 0 radical (unpaired) electrons. The van der Waals surface area contributed by atoms with Crippen molar-refractivity contribution in [2.24, 2.45) is 16.9 Å². The number of ether oxygens (including phenoxy) is 1. The van der Waals surface area contributed by atoms with E-state index in [0.717, 1.165) is 64.8 Å². The fraction of sp³-hybridized carbons (Fsp3) is 0.360. The van der Waals surface area contributed by atoms with Crippen molar-refractivity contribution in [2.75, 3.05) is 13.7 Å². The van der Waals surface area contributed by atoms with Crippen molar-refractivity contribution < 1.29 is 9.53 Å². The summed E-state index contributed by atoms with van der Waals surface area (Å²) in [7, 11) is 1.70. The normalized spacial score (nSPS) is 24.0. The molecule has 0 N–H and O–H groups in total. The van der Waals surface area contributed by atoms with E-state index in [1.165, 1.54) is 11.4 Å². The maximum absolute atomic E-state index is 12.2. The van der Waals surface area contributed by atoms with Crippen molar-refractivity contribution in [3.8, 4) is 17.1 Å². The SMILES string of the molecule is CC1CCCn2c(nnc2-c2ccc3c(c2)OCC=C3C2=CC3=NN(C)C(=O)C3C=C2)C1. The fourth-order valence-corrected chi connectivity index (χ4v) is 5.03. The second-order valence-electron chi connectivity index (χ2n) is 9.01. The minimum Gasteiger partial charge on any atom is -0.489 e. The molecule has 2 aromatic rings. The molecule has 1 aromatic heterocycles. The van der Waals surface area contributed by atoms with Crippen LogP contribution in [0, 0.1) is 11.8 Å². The minimum absolute atomic E-state index is 0.0133. The molecule has 1 aliphatic carbocycles. The third-order valence-electron chi connectivity index (χ3n) is 6.75. The molecule has 4 heterocycles. The summed E-state index contributed by atoms with van der Waals surface area (Å²) in [5.74, 6) is 3.23. The van der Waals surface area contributed by atoms with Gasteiger partial charge in [0.05, 0.1) is 5.71 Å².